The number of carboxylic acid groups (broad SMARTS) is 1. The molecule has 34 heavy (non-hydrogen) atoms. The molecule has 0 radical (unpaired) electrons. The minimum absolute atomic E-state index is 0.0206. The van der Waals surface area contributed by atoms with E-state index in [2.05, 4.69) is 14.9 Å². The van der Waals surface area contributed by atoms with Crippen LogP contribution in [0.15, 0.2) is 79.0 Å². The first-order valence-corrected chi connectivity index (χ1v) is 10.7. The van der Waals surface area contributed by atoms with E-state index in [1.165, 1.54) is 6.07 Å². The van der Waals surface area contributed by atoms with Gasteiger partial charge in [0.1, 0.15) is 18.4 Å². The number of alkyl halides is 1. The summed E-state index contributed by atoms with van der Waals surface area (Å²) in [5, 5.41) is 23.6. The van der Waals surface area contributed by atoms with E-state index in [-0.39, 0.29) is 12.1 Å². The number of carboxylic acids is 1. The summed E-state index contributed by atoms with van der Waals surface area (Å²) in [6, 6.07) is 24.6. The van der Waals surface area contributed by atoms with Gasteiger partial charge in [0.05, 0.1) is 22.3 Å². The molecule has 0 unspecified atom stereocenters. The molecule has 2 N–H and O–H groups in total. The lowest BCUT2D eigenvalue weighted by Crippen LogP contribution is -2.09. The van der Waals surface area contributed by atoms with Crippen LogP contribution in [0.25, 0.3) is 38.6 Å². The number of nitrogens with one attached hydrogen (secondary N) is 1. The Balaban J connectivity index is 1.79. The van der Waals surface area contributed by atoms with Crippen LogP contribution in [0.5, 0.6) is 0 Å². The van der Waals surface area contributed by atoms with Crippen molar-refractivity contribution in [3.63, 3.8) is 0 Å². The molecule has 0 bridgehead atoms. The van der Waals surface area contributed by atoms with Crippen molar-refractivity contribution >= 4 is 33.5 Å². The maximum atomic E-state index is 12.8. The van der Waals surface area contributed by atoms with Crippen LogP contribution >= 0.6 is 0 Å². The molecule has 166 valence electrons. The molecule has 0 aliphatic rings. The fourth-order valence-electron chi connectivity index (χ4n) is 4.34. The third-order valence-electron chi connectivity index (χ3n) is 5.79. The fourth-order valence-corrected chi connectivity index (χ4v) is 4.34. The number of hydrogen-bond donors (Lipinski definition) is 2. The Morgan fingerprint density at radius 1 is 1.06 bits per heavy atom. The van der Waals surface area contributed by atoms with E-state index >= 15 is 0 Å². The third-order valence-corrected chi connectivity index (χ3v) is 5.79. The van der Waals surface area contributed by atoms with Crippen LogP contribution in [0.4, 0.5) is 10.1 Å². The smallest absolute Gasteiger partial charge is 0.337 e. The van der Waals surface area contributed by atoms with Gasteiger partial charge in [0.25, 0.3) is 0 Å². The lowest BCUT2D eigenvalue weighted by atomic mass is 10.0. The molecule has 0 atom stereocenters. The van der Waals surface area contributed by atoms with Crippen molar-refractivity contribution in [2.45, 2.75) is 0 Å². The fraction of sp³-hybridized carbons (Fsp3) is 0.0741. The van der Waals surface area contributed by atoms with E-state index in [0.717, 1.165) is 38.6 Å². The summed E-state index contributed by atoms with van der Waals surface area (Å²) in [6.07, 6.45) is 1.69. The number of pyridine rings is 1. The van der Waals surface area contributed by atoms with Crippen molar-refractivity contribution in [2.75, 3.05) is 18.5 Å². The van der Waals surface area contributed by atoms with Gasteiger partial charge in [-0.25, -0.2) is 14.2 Å². The molecule has 6 nitrogen and oxygen atoms in total. The predicted molar refractivity (Wildman–Crippen MR) is 130 cm³/mol. The number of nitrogens with zero attached hydrogens (tertiary/aromatic N) is 3. The monoisotopic (exact) mass is 450 g/mol. The number of anilines is 1. The van der Waals surface area contributed by atoms with Gasteiger partial charge in [-0.2, -0.15) is 5.26 Å². The van der Waals surface area contributed by atoms with E-state index < -0.39 is 12.6 Å². The number of para-hydroxylation sites is 1. The number of hydrogen-bond acceptors (Lipinski definition) is 4. The predicted octanol–water partition coefficient (Wildman–Crippen LogP) is 5.80. The van der Waals surface area contributed by atoms with Gasteiger partial charge in [-0.15, -0.1) is 0 Å². The minimum atomic E-state index is -1.08. The molecule has 0 aliphatic carbocycles. The summed E-state index contributed by atoms with van der Waals surface area (Å²) in [7, 11) is 0. The third kappa shape index (κ3) is 3.51. The molecule has 0 aliphatic heterocycles. The first-order chi connectivity index (χ1) is 16.6. The van der Waals surface area contributed by atoms with Crippen molar-refractivity contribution in [1.29, 1.82) is 5.26 Å². The van der Waals surface area contributed by atoms with E-state index in [1.807, 2.05) is 54.6 Å². The maximum Gasteiger partial charge on any atom is 0.337 e. The number of nitriles is 1. The number of benzene rings is 3. The summed E-state index contributed by atoms with van der Waals surface area (Å²) in [4.78, 5) is 15.9. The number of fused-ring (bicyclic) bond motifs is 3. The first-order valence-electron chi connectivity index (χ1n) is 10.7. The summed E-state index contributed by atoms with van der Waals surface area (Å²) in [5.41, 5.74) is 5.30. The van der Waals surface area contributed by atoms with E-state index in [0.29, 0.717) is 11.4 Å². The zero-order chi connectivity index (χ0) is 23.7. The van der Waals surface area contributed by atoms with Crippen LogP contribution in [0.1, 0.15) is 16.1 Å². The lowest BCUT2D eigenvalue weighted by molar-refractivity contribution is 0.0698. The molecule has 2 aromatic heterocycles. The van der Waals surface area contributed by atoms with Gasteiger partial charge in [-0.1, -0.05) is 30.3 Å². The Kier molecular flexibility index (Phi) is 5.40. The standard InChI is InChI=1S/C27H19FN4O2/c28-12-13-30-23-14-19(10-11-21(23)27(33)34)32-24-6-2-1-4-22(24)26-20(5-3-7-25(26)32)17-8-9-18(15-29)31-16-17/h1-11,14,16,30H,12-13H2,(H,33,34). The molecule has 0 amide bonds. The number of carbonyl (C=O) groups is 1. The van der Waals surface area contributed by atoms with Crippen molar-refractivity contribution in [3.8, 4) is 22.9 Å². The van der Waals surface area contributed by atoms with Crippen LogP contribution in [-0.2, 0) is 0 Å². The largest absolute Gasteiger partial charge is 0.478 e. The average Bonchev–Trinajstić information content (AvgIpc) is 3.22. The molecule has 3 aromatic carbocycles. The van der Waals surface area contributed by atoms with Gasteiger partial charge in [0, 0.05) is 34.8 Å². The highest BCUT2D eigenvalue weighted by Crippen LogP contribution is 2.38. The van der Waals surface area contributed by atoms with E-state index in [4.69, 9.17) is 5.26 Å². The Bertz CT molecular complexity index is 1580. The molecule has 5 aromatic rings. The van der Waals surface area contributed by atoms with Crippen molar-refractivity contribution in [1.82, 2.24) is 9.55 Å². The molecule has 0 fully saturated rings. The second kappa shape index (κ2) is 8.68. The summed E-state index contributed by atoms with van der Waals surface area (Å²) in [5.74, 6) is -1.08. The topological polar surface area (TPSA) is 90.9 Å². The van der Waals surface area contributed by atoms with E-state index in [9.17, 15) is 14.3 Å². The quantitative estimate of drug-likeness (QED) is 0.341. The molecule has 0 saturated heterocycles. The number of halogens is 1. The Morgan fingerprint density at radius 2 is 1.88 bits per heavy atom. The molecular weight excluding hydrogens is 431 g/mol. The maximum absolute atomic E-state index is 12.8. The Labute approximate surface area is 194 Å². The van der Waals surface area contributed by atoms with Crippen molar-refractivity contribution in [2.24, 2.45) is 0 Å². The van der Waals surface area contributed by atoms with Gasteiger partial charge in [0.2, 0.25) is 0 Å². The van der Waals surface area contributed by atoms with Gasteiger partial charge >= 0.3 is 5.97 Å². The van der Waals surface area contributed by atoms with Gasteiger partial charge < -0.3 is 15.0 Å². The number of aromatic nitrogens is 2. The molecule has 0 spiro atoms. The molecule has 0 saturated carbocycles. The second-order valence-electron chi connectivity index (χ2n) is 7.75. The molecule has 7 heteroatoms. The number of aromatic carboxylic acids is 1. The van der Waals surface area contributed by atoms with Crippen LogP contribution in [0.2, 0.25) is 0 Å². The zero-order valence-electron chi connectivity index (χ0n) is 18.0. The first kappa shape index (κ1) is 21.2. The van der Waals surface area contributed by atoms with Gasteiger partial charge in [-0.3, -0.25) is 0 Å². The highest BCUT2D eigenvalue weighted by Gasteiger charge is 2.18. The van der Waals surface area contributed by atoms with E-state index in [1.54, 1.807) is 24.4 Å². The Morgan fingerprint density at radius 3 is 2.62 bits per heavy atom. The summed E-state index contributed by atoms with van der Waals surface area (Å²) < 4.78 is 14.9. The van der Waals surface area contributed by atoms with Crippen molar-refractivity contribution in [3.05, 3.63) is 90.3 Å². The Hall–Kier alpha value is -4.70. The minimum Gasteiger partial charge on any atom is -0.478 e. The van der Waals surface area contributed by atoms with Gasteiger partial charge in [-0.05, 0) is 48.0 Å². The highest BCUT2D eigenvalue weighted by molar-refractivity contribution is 6.15. The average molecular weight is 450 g/mol. The van der Waals surface area contributed by atoms with Crippen LogP contribution in [-0.4, -0.2) is 33.8 Å². The normalized spacial score (nSPS) is 10.9. The van der Waals surface area contributed by atoms with Crippen LogP contribution in [0.3, 0.4) is 0 Å². The number of rotatable bonds is 6. The summed E-state index contributed by atoms with van der Waals surface area (Å²) >= 11 is 0. The summed E-state index contributed by atoms with van der Waals surface area (Å²) in [6.45, 7) is -0.590. The molecule has 2 heterocycles. The second-order valence-corrected chi connectivity index (χ2v) is 7.75. The van der Waals surface area contributed by atoms with Crippen molar-refractivity contribution < 1.29 is 14.3 Å². The SMILES string of the molecule is N#Cc1ccc(-c2cccc3c2c2ccccc2n3-c2ccc(C(=O)O)c(NCCF)c2)cn1. The van der Waals surface area contributed by atoms with Crippen LogP contribution < -0.4 is 5.32 Å². The zero-order valence-corrected chi connectivity index (χ0v) is 18.0. The highest BCUT2D eigenvalue weighted by atomic mass is 19.1. The molecule has 5 rings (SSSR count). The molecular formula is C27H19FN4O2. The van der Waals surface area contributed by atoms with Crippen LogP contribution in [0, 0.1) is 11.3 Å². The lowest BCUT2D eigenvalue weighted by Gasteiger charge is -2.13. The van der Waals surface area contributed by atoms with Gasteiger partial charge in [0.15, 0.2) is 0 Å².